The van der Waals surface area contributed by atoms with E-state index in [2.05, 4.69) is 18.7 Å². The molecule has 1 fully saturated rings. The van der Waals surface area contributed by atoms with Gasteiger partial charge in [0.05, 0.1) is 12.2 Å². The van der Waals surface area contributed by atoms with Gasteiger partial charge in [-0.25, -0.2) is 4.79 Å². The molecule has 0 atom stereocenters. The number of carbonyl (C=O) groups excluding carboxylic acids is 1. The third-order valence-electron chi connectivity index (χ3n) is 4.24. The monoisotopic (exact) mass is 290 g/mol. The van der Waals surface area contributed by atoms with Crippen molar-refractivity contribution < 1.29 is 9.53 Å². The standard InChI is InChI=1S/C17H26N2O2/c1-4-21-16(20)14-12-13(6-7-15(14)18)19-10-5-8-17(2,3)9-11-19/h6-7,12H,4-5,8-11,18H2,1-3H3. The van der Waals surface area contributed by atoms with Gasteiger partial charge in [0.15, 0.2) is 0 Å². The third-order valence-corrected chi connectivity index (χ3v) is 4.24. The molecule has 0 bridgehead atoms. The number of anilines is 2. The van der Waals surface area contributed by atoms with Crippen LogP contribution in [0.15, 0.2) is 18.2 Å². The molecule has 2 N–H and O–H groups in total. The molecular weight excluding hydrogens is 264 g/mol. The Hall–Kier alpha value is -1.71. The van der Waals surface area contributed by atoms with Crippen molar-refractivity contribution in [1.82, 2.24) is 0 Å². The zero-order valence-electron chi connectivity index (χ0n) is 13.3. The van der Waals surface area contributed by atoms with Crippen LogP contribution in [-0.4, -0.2) is 25.7 Å². The molecule has 1 aliphatic heterocycles. The summed E-state index contributed by atoms with van der Waals surface area (Å²) in [7, 11) is 0. The highest BCUT2D eigenvalue weighted by Crippen LogP contribution is 2.32. The van der Waals surface area contributed by atoms with Gasteiger partial charge >= 0.3 is 5.97 Å². The number of nitrogen functional groups attached to an aromatic ring is 1. The van der Waals surface area contributed by atoms with Crippen molar-refractivity contribution >= 4 is 17.3 Å². The van der Waals surface area contributed by atoms with Gasteiger partial charge < -0.3 is 15.4 Å². The number of esters is 1. The quantitative estimate of drug-likeness (QED) is 0.684. The van der Waals surface area contributed by atoms with Gasteiger partial charge in [0.25, 0.3) is 0 Å². The van der Waals surface area contributed by atoms with Gasteiger partial charge in [0.1, 0.15) is 0 Å². The second-order valence-electron chi connectivity index (χ2n) is 6.50. The average molecular weight is 290 g/mol. The van der Waals surface area contributed by atoms with Crippen molar-refractivity contribution in [1.29, 1.82) is 0 Å². The molecule has 0 amide bonds. The van der Waals surface area contributed by atoms with Gasteiger partial charge in [-0.3, -0.25) is 0 Å². The molecule has 0 radical (unpaired) electrons. The van der Waals surface area contributed by atoms with E-state index in [4.69, 9.17) is 10.5 Å². The lowest BCUT2D eigenvalue weighted by Gasteiger charge is -2.25. The second kappa shape index (κ2) is 6.37. The van der Waals surface area contributed by atoms with Crippen molar-refractivity contribution in [3.05, 3.63) is 23.8 Å². The van der Waals surface area contributed by atoms with E-state index in [1.165, 1.54) is 12.8 Å². The van der Waals surface area contributed by atoms with Crippen LogP contribution in [0.4, 0.5) is 11.4 Å². The Bertz CT molecular complexity index is 512. The Labute approximate surface area is 127 Å². The predicted molar refractivity (Wildman–Crippen MR) is 86.7 cm³/mol. The van der Waals surface area contributed by atoms with Gasteiger partial charge in [-0.15, -0.1) is 0 Å². The summed E-state index contributed by atoms with van der Waals surface area (Å²) in [6.45, 7) is 8.84. The first-order valence-corrected chi connectivity index (χ1v) is 7.74. The Morgan fingerprint density at radius 2 is 2.10 bits per heavy atom. The number of benzene rings is 1. The first-order chi connectivity index (χ1) is 9.93. The van der Waals surface area contributed by atoms with Crippen LogP contribution in [0.5, 0.6) is 0 Å². The molecule has 0 spiro atoms. The topological polar surface area (TPSA) is 55.6 Å². The molecule has 0 unspecified atom stereocenters. The second-order valence-corrected chi connectivity index (χ2v) is 6.50. The van der Waals surface area contributed by atoms with Gasteiger partial charge in [-0.05, 0) is 49.8 Å². The third kappa shape index (κ3) is 3.90. The lowest BCUT2D eigenvalue weighted by atomic mass is 9.85. The molecule has 0 aliphatic carbocycles. The highest BCUT2D eigenvalue weighted by atomic mass is 16.5. The van der Waals surface area contributed by atoms with E-state index in [0.717, 1.165) is 25.2 Å². The minimum atomic E-state index is -0.341. The summed E-state index contributed by atoms with van der Waals surface area (Å²) >= 11 is 0. The van der Waals surface area contributed by atoms with E-state index in [1.54, 1.807) is 13.0 Å². The summed E-state index contributed by atoms with van der Waals surface area (Å²) < 4.78 is 5.07. The van der Waals surface area contributed by atoms with E-state index in [1.807, 2.05) is 12.1 Å². The van der Waals surface area contributed by atoms with Crippen molar-refractivity contribution in [2.75, 3.05) is 30.3 Å². The molecule has 1 aliphatic rings. The lowest BCUT2D eigenvalue weighted by Crippen LogP contribution is -2.25. The summed E-state index contributed by atoms with van der Waals surface area (Å²) in [5.74, 6) is -0.341. The van der Waals surface area contributed by atoms with E-state index in [0.29, 0.717) is 23.3 Å². The predicted octanol–water partition coefficient (Wildman–Crippen LogP) is 3.46. The maximum absolute atomic E-state index is 12.0. The zero-order chi connectivity index (χ0) is 15.5. The molecule has 0 aromatic heterocycles. The molecule has 1 saturated heterocycles. The van der Waals surface area contributed by atoms with Crippen LogP contribution in [0.3, 0.4) is 0 Å². The largest absolute Gasteiger partial charge is 0.462 e. The summed E-state index contributed by atoms with van der Waals surface area (Å²) in [6, 6.07) is 5.67. The van der Waals surface area contributed by atoms with E-state index in [-0.39, 0.29) is 5.97 Å². The SMILES string of the molecule is CCOC(=O)c1cc(N2CCCC(C)(C)CC2)ccc1N. The van der Waals surface area contributed by atoms with Gasteiger partial charge in [0, 0.05) is 24.5 Å². The Morgan fingerprint density at radius 3 is 2.81 bits per heavy atom. The highest BCUT2D eigenvalue weighted by Gasteiger charge is 2.23. The summed E-state index contributed by atoms with van der Waals surface area (Å²) in [4.78, 5) is 14.3. The van der Waals surface area contributed by atoms with Crippen LogP contribution >= 0.6 is 0 Å². The first-order valence-electron chi connectivity index (χ1n) is 7.74. The molecular formula is C17H26N2O2. The molecule has 21 heavy (non-hydrogen) atoms. The Balaban J connectivity index is 2.20. The number of rotatable bonds is 3. The van der Waals surface area contributed by atoms with E-state index < -0.39 is 0 Å². The number of carbonyl (C=O) groups is 1. The smallest absolute Gasteiger partial charge is 0.340 e. The molecule has 116 valence electrons. The molecule has 1 aromatic rings. The van der Waals surface area contributed by atoms with Gasteiger partial charge in [-0.2, -0.15) is 0 Å². The number of ether oxygens (including phenoxy) is 1. The minimum absolute atomic E-state index is 0.341. The van der Waals surface area contributed by atoms with E-state index >= 15 is 0 Å². The normalized spacial score (nSPS) is 18.1. The fraction of sp³-hybridized carbons (Fsp3) is 0.588. The Morgan fingerprint density at radius 1 is 1.33 bits per heavy atom. The van der Waals surface area contributed by atoms with Crippen LogP contribution in [-0.2, 0) is 4.74 Å². The summed E-state index contributed by atoms with van der Waals surface area (Å²) in [6.07, 6.45) is 3.57. The average Bonchev–Trinajstić information content (AvgIpc) is 2.60. The van der Waals surface area contributed by atoms with Crippen molar-refractivity contribution in [3.8, 4) is 0 Å². The molecule has 0 saturated carbocycles. The maximum atomic E-state index is 12.0. The number of hydrogen-bond acceptors (Lipinski definition) is 4. The highest BCUT2D eigenvalue weighted by molar-refractivity contribution is 5.96. The summed E-state index contributed by atoms with van der Waals surface area (Å²) in [5, 5.41) is 0. The molecule has 2 rings (SSSR count). The van der Waals surface area contributed by atoms with Gasteiger partial charge in [0.2, 0.25) is 0 Å². The molecule has 1 heterocycles. The van der Waals surface area contributed by atoms with Crippen LogP contribution in [0.1, 0.15) is 50.4 Å². The number of hydrogen-bond donors (Lipinski definition) is 1. The maximum Gasteiger partial charge on any atom is 0.340 e. The number of nitrogens with two attached hydrogens (primary N) is 1. The fourth-order valence-electron chi connectivity index (χ4n) is 2.81. The number of nitrogens with zero attached hydrogens (tertiary/aromatic N) is 1. The summed E-state index contributed by atoms with van der Waals surface area (Å²) in [5.41, 5.74) is 8.31. The zero-order valence-corrected chi connectivity index (χ0v) is 13.3. The van der Waals surface area contributed by atoms with Crippen LogP contribution in [0, 0.1) is 5.41 Å². The van der Waals surface area contributed by atoms with Crippen LogP contribution in [0.2, 0.25) is 0 Å². The first kappa shape index (κ1) is 15.7. The minimum Gasteiger partial charge on any atom is -0.462 e. The Kier molecular flexibility index (Phi) is 4.76. The van der Waals surface area contributed by atoms with Crippen LogP contribution < -0.4 is 10.6 Å². The van der Waals surface area contributed by atoms with E-state index in [9.17, 15) is 4.79 Å². The molecule has 4 heteroatoms. The molecule has 4 nitrogen and oxygen atoms in total. The van der Waals surface area contributed by atoms with Crippen molar-refractivity contribution in [2.24, 2.45) is 5.41 Å². The van der Waals surface area contributed by atoms with Gasteiger partial charge in [-0.1, -0.05) is 13.8 Å². The molecule has 1 aromatic carbocycles. The van der Waals surface area contributed by atoms with Crippen molar-refractivity contribution in [2.45, 2.75) is 40.0 Å². The fourth-order valence-corrected chi connectivity index (χ4v) is 2.81. The lowest BCUT2D eigenvalue weighted by molar-refractivity contribution is 0.0527. The van der Waals surface area contributed by atoms with Crippen molar-refractivity contribution in [3.63, 3.8) is 0 Å². The van der Waals surface area contributed by atoms with Crippen LogP contribution in [0.25, 0.3) is 0 Å².